The second kappa shape index (κ2) is 5.02. The fourth-order valence-corrected chi connectivity index (χ4v) is 1.33. The summed E-state index contributed by atoms with van der Waals surface area (Å²) in [5, 5.41) is 2.80. The number of alkyl halides is 1. The number of halogens is 3. The molecule has 16 heavy (non-hydrogen) atoms. The molecule has 5 heteroatoms. The van der Waals surface area contributed by atoms with Crippen LogP contribution in [0.15, 0.2) is 18.2 Å². The summed E-state index contributed by atoms with van der Waals surface area (Å²) in [5.74, 6) is -0.585. The van der Waals surface area contributed by atoms with Gasteiger partial charge in [-0.2, -0.15) is 0 Å². The molecule has 1 rings (SSSR count). The van der Waals surface area contributed by atoms with Gasteiger partial charge in [0.2, 0.25) is 5.91 Å². The lowest BCUT2D eigenvalue weighted by Gasteiger charge is -2.20. The van der Waals surface area contributed by atoms with E-state index in [4.69, 9.17) is 23.2 Å². The normalized spacial score (nSPS) is 11.3. The van der Waals surface area contributed by atoms with Gasteiger partial charge in [-0.25, -0.2) is 4.39 Å². The van der Waals surface area contributed by atoms with Gasteiger partial charge in [-0.3, -0.25) is 4.79 Å². The lowest BCUT2D eigenvalue weighted by Crippen LogP contribution is -2.32. The minimum atomic E-state index is -0.708. The number of nitrogens with one attached hydrogen (secondary N) is 1. The Morgan fingerprint density at radius 2 is 2.06 bits per heavy atom. The van der Waals surface area contributed by atoms with Gasteiger partial charge in [0.15, 0.2) is 0 Å². The number of benzene rings is 1. The molecule has 1 aromatic carbocycles. The van der Waals surface area contributed by atoms with Crippen LogP contribution in [0.3, 0.4) is 0 Å². The van der Waals surface area contributed by atoms with Crippen LogP contribution in [0.25, 0.3) is 0 Å². The van der Waals surface area contributed by atoms with E-state index in [-0.39, 0.29) is 16.8 Å². The van der Waals surface area contributed by atoms with E-state index in [0.717, 1.165) is 0 Å². The van der Waals surface area contributed by atoms with Crippen LogP contribution < -0.4 is 5.32 Å². The monoisotopic (exact) mass is 263 g/mol. The van der Waals surface area contributed by atoms with Crippen molar-refractivity contribution in [2.24, 2.45) is 5.41 Å². The summed E-state index contributed by atoms with van der Waals surface area (Å²) >= 11 is 11.3. The van der Waals surface area contributed by atoms with Crippen LogP contribution >= 0.6 is 23.2 Å². The summed E-state index contributed by atoms with van der Waals surface area (Å²) in [6.07, 6.45) is 0. The van der Waals surface area contributed by atoms with Crippen LogP contribution in [0, 0.1) is 11.2 Å². The van der Waals surface area contributed by atoms with Crippen molar-refractivity contribution in [2.75, 3.05) is 11.2 Å². The van der Waals surface area contributed by atoms with Gasteiger partial charge >= 0.3 is 0 Å². The van der Waals surface area contributed by atoms with E-state index < -0.39 is 11.2 Å². The Morgan fingerprint density at radius 3 is 2.56 bits per heavy atom. The van der Waals surface area contributed by atoms with Crippen molar-refractivity contribution in [1.29, 1.82) is 0 Å². The Balaban J connectivity index is 2.85. The van der Waals surface area contributed by atoms with Gasteiger partial charge in [0, 0.05) is 16.6 Å². The molecule has 0 unspecified atom stereocenters. The van der Waals surface area contributed by atoms with E-state index in [1.807, 2.05) is 0 Å². The lowest BCUT2D eigenvalue weighted by atomic mass is 9.95. The number of carbonyl (C=O) groups is 1. The average molecular weight is 264 g/mol. The zero-order valence-corrected chi connectivity index (χ0v) is 10.5. The van der Waals surface area contributed by atoms with Gasteiger partial charge in [-0.05, 0) is 32.0 Å². The molecule has 0 atom stereocenters. The van der Waals surface area contributed by atoms with Crippen LogP contribution in [-0.2, 0) is 4.79 Å². The fourth-order valence-electron chi connectivity index (χ4n) is 0.987. The third-order valence-corrected chi connectivity index (χ3v) is 2.96. The number of hydrogen-bond donors (Lipinski definition) is 1. The summed E-state index contributed by atoms with van der Waals surface area (Å²) in [5.41, 5.74) is -0.381. The van der Waals surface area contributed by atoms with E-state index >= 15 is 0 Å². The van der Waals surface area contributed by atoms with Crippen LogP contribution in [0.4, 0.5) is 10.1 Å². The van der Waals surface area contributed by atoms with Crippen molar-refractivity contribution in [3.05, 3.63) is 29.0 Å². The van der Waals surface area contributed by atoms with Gasteiger partial charge < -0.3 is 5.32 Å². The highest BCUT2D eigenvalue weighted by Crippen LogP contribution is 2.22. The number of amides is 1. The second-order valence-electron chi connectivity index (χ2n) is 4.13. The predicted molar refractivity (Wildman–Crippen MR) is 64.5 cm³/mol. The maximum absolute atomic E-state index is 13.0. The largest absolute Gasteiger partial charge is 0.325 e. The van der Waals surface area contributed by atoms with E-state index in [9.17, 15) is 9.18 Å². The van der Waals surface area contributed by atoms with Crippen LogP contribution in [-0.4, -0.2) is 11.8 Å². The molecule has 2 nitrogen and oxygen atoms in total. The Morgan fingerprint density at radius 1 is 1.44 bits per heavy atom. The van der Waals surface area contributed by atoms with E-state index in [2.05, 4.69) is 5.32 Å². The first-order valence-electron chi connectivity index (χ1n) is 4.68. The van der Waals surface area contributed by atoms with Crippen LogP contribution in [0.2, 0.25) is 5.02 Å². The quantitative estimate of drug-likeness (QED) is 0.829. The maximum atomic E-state index is 13.0. The number of rotatable bonds is 3. The van der Waals surface area contributed by atoms with Crippen molar-refractivity contribution in [3.63, 3.8) is 0 Å². The molecular weight excluding hydrogens is 252 g/mol. The highest BCUT2D eigenvalue weighted by Gasteiger charge is 2.26. The Kier molecular flexibility index (Phi) is 4.16. The molecule has 0 aliphatic rings. The lowest BCUT2D eigenvalue weighted by molar-refractivity contribution is -0.122. The topological polar surface area (TPSA) is 29.1 Å². The second-order valence-corrected chi connectivity index (χ2v) is 4.83. The molecule has 0 aromatic heterocycles. The van der Waals surface area contributed by atoms with Gasteiger partial charge in [0.1, 0.15) is 5.82 Å². The SMILES string of the molecule is CC(C)(CCl)C(=O)Nc1cc(F)cc(Cl)c1. The summed E-state index contributed by atoms with van der Waals surface area (Å²) in [6, 6.07) is 3.85. The first kappa shape index (κ1) is 13.3. The summed E-state index contributed by atoms with van der Waals surface area (Å²) < 4.78 is 13.0. The molecule has 1 N–H and O–H groups in total. The first-order chi connectivity index (χ1) is 7.35. The zero-order valence-electron chi connectivity index (χ0n) is 8.98. The van der Waals surface area contributed by atoms with Crippen molar-refractivity contribution in [2.45, 2.75) is 13.8 Å². The molecule has 0 radical (unpaired) electrons. The van der Waals surface area contributed by atoms with Gasteiger partial charge in [0.05, 0.1) is 5.41 Å². The first-order valence-corrected chi connectivity index (χ1v) is 5.60. The molecule has 0 saturated heterocycles. The Labute approximate surface area is 104 Å². The third kappa shape index (κ3) is 3.35. The van der Waals surface area contributed by atoms with Crippen LogP contribution in [0.1, 0.15) is 13.8 Å². The molecule has 1 amide bonds. The number of hydrogen-bond acceptors (Lipinski definition) is 1. The summed E-state index contributed by atoms with van der Waals surface area (Å²) in [4.78, 5) is 11.7. The molecule has 0 fully saturated rings. The highest BCUT2D eigenvalue weighted by molar-refractivity contribution is 6.31. The fraction of sp³-hybridized carbons (Fsp3) is 0.364. The Bertz CT molecular complexity index is 387. The molecule has 0 saturated carbocycles. The summed E-state index contributed by atoms with van der Waals surface area (Å²) in [7, 11) is 0. The van der Waals surface area contributed by atoms with Gasteiger partial charge in [-0.1, -0.05) is 11.6 Å². The van der Waals surface area contributed by atoms with Gasteiger partial charge in [0.25, 0.3) is 0 Å². The summed E-state index contributed by atoms with van der Waals surface area (Å²) in [6.45, 7) is 3.41. The highest BCUT2D eigenvalue weighted by atomic mass is 35.5. The van der Waals surface area contributed by atoms with E-state index in [1.54, 1.807) is 13.8 Å². The smallest absolute Gasteiger partial charge is 0.231 e. The molecular formula is C11H12Cl2FNO. The molecule has 1 aromatic rings. The average Bonchev–Trinajstić information content (AvgIpc) is 2.15. The minimum absolute atomic E-state index is 0.182. The molecule has 0 bridgehead atoms. The molecule has 0 aliphatic heterocycles. The third-order valence-electron chi connectivity index (χ3n) is 2.07. The molecule has 88 valence electrons. The zero-order chi connectivity index (χ0) is 12.3. The Hall–Kier alpha value is -0.800. The van der Waals surface area contributed by atoms with Crippen molar-refractivity contribution < 1.29 is 9.18 Å². The number of carbonyl (C=O) groups excluding carboxylic acids is 1. The molecule has 0 aliphatic carbocycles. The molecule has 0 heterocycles. The van der Waals surface area contributed by atoms with E-state index in [0.29, 0.717) is 5.69 Å². The van der Waals surface area contributed by atoms with Crippen molar-refractivity contribution in [3.8, 4) is 0 Å². The maximum Gasteiger partial charge on any atom is 0.231 e. The van der Waals surface area contributed by atoms with Crippen LogP contribution in [0.5, 0.6) is 0 Å². The minimum Gasteiger partial charge on any atom is -0.325 e. The predicted octanol–water partition coefficient (Wildman–Crippen LogP) is 3.68. The van der Waals surface area contributed by atoms with Crippen molar-refractivity contribution in [1.82, 2.24) is 0 Å². The van der Waals surface area contributed by atoms with E-state index in [1.165, 1.54) is 18.2 Å². The number of anilines is 1. The standard InChI is InChI=1S/C11H12Cl2FNO/c1-11(2,6-12)10(16)15-9-4-7(13)3-8(14)5-9/h3-5H,6H2,1-2H3,(H,15,16). The van der Waals surface area contributed by atoms with Crippen molar-refractivity contribution >= 4 is 34.8 Å². The van der Waals surface area contributed by atoms with Gasteiger partial charge in [-0.15, -0.1) is 11.6 Å². The molecule has 0 spiro atoms.